The molecule has 1 aliphatic rings. The normalized spacial score (nSPS) is 16.8. The summed E-state index contributed by atoms with van der Waals surface area (Å²) in [4.78, 5) is 20.3. The molecule has 3 aromatic carbocycles. The van der Waals surface area contributed by atoms with Crippen molar-refractivity contribution >= 4 is 16.7 Å². The third-order valence-electron chi connectivity index (χ3n) is 6.50. The SMILES string of the molecule is O=C(c1ccccc1)C1CCCN(CCc2cc(-c3ccccc3)nc3ccccc23)C1. The number of hydrogen-bond donors (Lipinski definition) is 0. The van der Waals surface area contributed by atoms with Crippen molar-refractivity contribution in [1.29, 1.82) is 0 Å². The van der Waals surface area contributed by atoms with E-state index in [2.05, 4.69) is 59.5 Å². The van der Waals surface area contributed by atoms with Gasteiger partial charge in [0, 0.05) is 35.5 Å². The fourth-order valence-corrected chi connectivity index (χ4v) is 4.80. The number of aromatic nitrogens is 1. The minimum absolute atomic E-state index is 0.0974. The highest BCUT2D eigenvalue weighted by molar-refractivity contribution is 5.98. The van der Waals surface area contributed by atoms with E-state index in [-0.39, 0.29) is 11.7 Å². The van der Waals surface area contributed by atoms with Gasteiger partial charge in [0.2, 0.25) is 0 Å². The Morgan fingerprint density at radius 3 is 2.44 bits per heavy atom. The highest BCUT2D eigenvalue weighted by Gasteiger charge is 2.26. The van der Waals surface area contributed by atoms with Crippen LogP contribution >= 0.6 is 0 Å². The molecule has 0 spiro atoms. The van der Waals surface area contributed by atoms with Crippen LogP contribution < -0.4 is 0 Å². The fourth-order valence-electron chi connectivity index (χ4n) is 4.80. The van der Waals surface area contributed by atoms with Crippen molar-refractivity contribution in [2.75, 3.05) is 19.6 Å². The zero-order valence-electron chi connectivity index (χ0n) is 18.3. The van der Waals surface area contributed by atoms with E-state index in [4.69, 9.17) is 4.98 Å². The van der Waals surface area contributed by atoms with E-state index in [1.165, 1.54) is 10.9 Å². The van der Waals surface area contributed by atoms with Crippen LogP contribution in [0.4, 0.5) is 0 Å². The Bertz CT molecular complexity index is 1200. The van der Waals surface area contributed by atoms with Gasteiger partial charge in [0.15, 0.2) is 5.78 Å². The van der Waals surface area contributed by atoms with Crippen molar-refractivity contribution in [2.45, 2.75) is 19.3 Å². The molecule has 32 heavy (non-hydrogen) atoms. The van der Waals surface area contributed by atoms with E-state index in [9.17, 15) is 4.79 Å². The molecule has 160 valence electrons. The van der Waals surface area contributed by atoms with Crippen LogP contribution in [-0.4, -0.2) is 35.3 Å². The van der Waals surface area contributed by atoms with Crippen LogP contribution in [0.2, 0.25) is 0 Å². The number of carbonyl (C=O) groups is 1. The lowest BCUT2D eigenvalue weighted by Gasteiger charge is -2.32. The van der Waals surface area contributed by atoms with Gasteiger partial charge < -0.3 is 4.90 Å². The minimum atomic E-state index is 0.0974. The number of carbonyl (C=O) groups excluding carboxylic acids is 1. The summed E-state index contributed by atoms with van der Waals surface area (Å²) in [5.41, 5.74) is 5.37. The summed E-state index contributed by atoms with van der Waals surface area (Å²) in [7, 11) is 0. The standard InChI is InChI=1S/C29H28N2O/c32-29(23-12-5-2-6-13-23)25-14-9-18-31(21-25)19-17-24-20-28(22-10-3-1-4-11-22)30-27-16-8-7-15-26(24)27/h1-8,10-13,15-16,20,25H,9,14,17-19,21H2. The van der Waals surface area contributed by atoms with Crippen LogP contribution in [0.3, 0.4) is 0 Å². The largest absolute Gasteiger partial charge is 0.302 e. The summed E-state index contributed by atoms with van der Waals surface area (Å²) in [6.07, 6.45) is 3.02. The van der Waals surface area contributed by atoms with Crippen LogP contribution in [0.1, 0.15) is 28.8 Å². The Morgan fingerprint density at radius 2 is 1.62 bits per heavy atom. The van der Waals surface area contributed by atoms with Crippen molar-refractivity contribution in [3.63, 3.8) is 0 Å². The lowest BCUT2D eigenvalue weighted by atomic mass is 9.90. The quantitative estimate of drug-likeness (QED) is 0.357. The summed E-state index contributed by atoms with van der Waals surface area (Å²) in [6, 6.07) is 30.8. The molecule has 0 radical (unpaired) electrons. The number of Topliss-reactive ketones (excluding diaryl/α,β-unsaturated/α-hetero) is 1. The number of benzene rings is 3. The minimum Gasteiger partial charge on any atom is -0.302 e. The number of hydrogen-bond acceptors (Lipinski definition) is 3. The zero-order chi connectivity index (χ0) is 21.8. The molecule has 1 fully saturated rings. The summed E-state index contributed by atoms with van der Waals surface area (Å²) >= 11 is 0. The number of rotatable bonds is 6. The van der Waals surface area contributed by atoms with Crippen LogP contribution in [-0.2, 0) is 6.42 Å². The number of ketones is 1. The molecular formula is C29H28N2O. The van der Waals surface area contributed by atoms with Gasteiger partial charge in [-0.3, -0.25) is 4.79 Å². The van der Waals surface area contributed by atoms with Crippen molar-refractivity contribution in [3.8, 4) is 11.3 Å². The van der Waals surface area contributed by atoms with Crippen molar-refractivity contribution in [1.82, 2.24) is 9.88 Å². The zero-order valence-corrected chi connectivity index (χ0v) is 18.3. The molecule has 0 N–H and O–H groups in total. The first-order chi connectivity index (χ1) is 15.8. The number of para-hydroxylation sites is 1. The third kappa shape index (κ3) is 4.49. The molecular weight excluding hydrogens is 392 g/mol. The molecule has 1 unspecified atom stereocenters. The molecule has 0 aliphatic carbocycles. The van der Waals surface area contributed by atoms with E-state index >= 15 is 0 Å². The second kappa shape index (κ2) is 9.46. The molecule has 4 aromatic rings. The van der Waals surface area contributed by atoms with Gasteiger partial charge in [-0.1, -0.05) is 78.9 Å². The number of likely N-dealkylation sites (tertiary alicyclic amines) is 1. The molecule has 2 heterocycles. The van der Waals surface area contributed by atoms with E-state index in [0.717, 1.165) is 61.2 Å². The van der Waals surface area contributed by atoms with Crippen LogP contribution in [0.15, 0.2) is 91.0 Å². The summed E-state index contributed by atoms with van der Waals surface area (Å²) in [6.45, 7) is 2.87. The van der Waals surface area contributed by atoms with Gasteiger partial charge in [0.25, 0.3) is 0 Å². The van der Waals surface area contributed by atoms with Crippen LogP contribution in [0.25, 0.3) is 22.2 Å². The van der Waals surface area contributed by atoms with E-state index in [0.29, 0.717) is 0 Å². The molecule has 3 heteroatoms. The van der Waals surface area contributed by atoms with Gasteiger partial charge in [-0.15, -0.1) is 0 Å². The van der Waals surface area contributed by atoms with E-state index < -0.39 is 0 Å². The average Bonchev–Trinajstić information content (AvgIpc) is 2.88. The van der Waals surface area contributed by atoms with Gasteiger partial charge in [0.05, 0.1) is 11.2 Å². The van der Waals surface area contributed by atoms with Crippen LogP contribution in [0.5, 0.6) is 0 Å². The Balaban J connectivity index is 1.34. The highest BCUT2D eigenvalue weighted by atomic mass is 16.1. The number of piperidine rings is 1. The van der Waals surface area contributed by atoms with Gasteiger partial charge in [-0.25, -0.2) is 4.98 Å². The van der Waals surface area contributed by atoms with Gasteiger partial charge in [-0.05, 0) is 43.5 Å². The van der Waals surface area contributed by atoms with E-state index in [1.54, 1.807) is 0 Å². The predicted molar refractivity (Wildman–Crippen MR) is 131 cm³/mol. The molecule has 3 nitrogen and oxygen atoms in total. The van der Waals surface area contributed by atoms with Gasteiger partial charge >= 0.3 is 0 Å². The average molecular weight is 421 g/mol. The maximum Gasteiger partial charge on any atom is 0.167 e. The topological polar surface area (TPSA) is 33.2 Å². The Kier molecular flexibility index (Phi) is 6.09. The Morgan fingerprint density at radius 1 is 0.906 bits per heavy atom. The fraction of sp³-hybridized carbons (Fsp3) is 0.241. The smallest absolute Gasteiger partial charge is 0.167 e. The molecule has 1 saturated heterocycles. The van der Waals surface area contributed by atoms with Gasteiger partial charge in [0.1, 0.15) is 0 Å². The Labute approximate surface area is 189 Å². The maximum absolute atomic E-state index is 13.0. The first kappa shape index (κ1) is 20.6. The monoisotopic (exact) mass is 420 g/mol. The number of nitrogens with zero attached hydrogens (tertiary/aromatic N) is 2. The molecule has 1 aliphatic heterocycles. The maximum atomic E-state index is 13.0. The molecule has 1 atom stereocenters. The van der Waals surface area contributed by atoms with Crippen LogP contribution in [0, 0.1) is 5.92 Å². The second-order valence-corrected chi connectivity index (χ2v) is 8.67. The summed E-state index contributed by atoms with van der Waals surface area (Å²) < 4.78 is 0. The van der Waals surface area contributed by atoms with Gasteiger partial charge in [-0.2, -0.15) is 0 Å². The Hall–Kier alpha value is -3.30. The van der Waals surface area contributed by atoms with E-state index in [1.807, 2.05) is 36.4 Å². The lowest BCUT2D eigenvalue weighted by Crippen LogP contribution is -2.39. The summed E-state index contributed by atoms with van der Waals surface area (Å²) in [5.74, 6) is 0.385. The molecule has 1 aromatic heterocycles. The first-order valence-corrected chi connectivity index (χ1v) is 11.5. The molecule has 0 amide bonds. The van der Waals surface area contributed by atoms with Crippen molar-refractivity contribution in [2.24, 2.45) is 5.92 Å². The van der Waals surface area contributed by atoms with Crippen molar-refractivity contribution < 1.29 is 4.79 Å². The number of fused-ring (bicyclic) bond motifs is 1. The molecule has 5 rings (SSSR count). The predicted octanol–water partition coefficient (Wildman–Crippen LogP) is 6.04. The third-order valence-corrected chi connectivity index (χ3v) is 6.50. The van der Waals surface area contributed by atoms with Crippen molar-refractivity contribution in [3.05, 3.63) is 102 Å². The lowest BCUT2D eigenvalue weighted by molar-refractivity contribution is 0.0821. The second-order valence-electron chi connectivity index (χ2n) is 8.67. The number of pyridine rings is 1. The summed E-state index contributed by atoms with van der Waals surface area (Å²) in [5, 5.41) is 1.22. The molecule has 0 bridgehead atoms. The highest BCUT2D eigenvalue weighted by Crippen LogP contribution is 2.26. The molecule has 0 saturated carbocycles. The first-order valence-electron chi connectivity index (χ1n) is 11.5.